The number of rotatable bonds is 3. The fourth-order valence-electron chi connectivity index (χ4n) is 1.19. The molecule has 0 aliphatic rings. The van der Waals surface area contributed by atoms with Gasteiger partial charge in [0.05, 0.1) is 12.0 Å². The van der Waals surface area contributed by atoms with Crippen LogP contribution < -0.4 is 5.32 Å². The van der Waals surface area contributed by atoms with E-state index < -0.39 is 0 Å². The maximum atomic E-state index is 8.92. The molecule has 3 heteroatoms. The maximum absolute atomic E-state index is 8.92. The van der Waals surface area contributed by atoms with Crippen LogP contribution in [-0.2, 0) is 0 Å². The lowest BCUT2D eigenvalue weighted by atomic mass is 10.0. The first kappa shape index (κ1) is 10.2. The Morgan fingerprint density at radius 3 is 2.77 bits per heavy atom. The first-order chi connectivity index (χ1) is 6.29. The first-order valence-electron chi connectivity index (χ1n) is 4.08. The van der Waals surface area contributed by atoms with Crippen LogP contribution in [0.5, 0.6) is 0 Å². The number of hydrogen-bond donors (Lipinski definition) is 1. The Kier molecular flexibility index (Phi) is 3.94. The number of halogens is 1. The molecule has 0 radical (unpaired) electrons. The summed E-state index contributed by atoms with van der Waals surface area (Å²) in [5.74, 6) is -0.0828. The zero-order chi connectivity index (χ0) is 9.68. The lowest BCUT2D eigenvalue weighted by Gasteiger charge is -2.09. The molecule has 68 valence electrons. The van der Waals surface area contributed by atoms with E-state index in [0.29, 0.717) is 6.54 Å². The van der Waals surface area contributed by atoms with Crippen molar-refractivity contribution in [3.63, 3.8) is 0 Å². The van der Waals surface area contributed by atoms with Gasteiger partial charge in [-0.05, 0) is 18.7 Å². The molecule has 0 heterocycles. The minimum absolute atomic E-state index is 0.0828. The van der Waals surface area contributed by atoms with Crippen molar-refractivity contribution in [3.05, 3.63) is 34.3 Å². The monoisotopic (exact) mass is 238 g/mol. The molecule has 1 N–H and O–H groups in total. The van der Waals surface area contributed by atoms with Gasteiger partial charge in [-0.2, -0.15) is 5.26 Å². The predicted octanol–water partition coefficient (Wildman–Crippen LogP) is 2.28. The molecule has 1 aromatic rings. The van der Waals surface area contributed by atoms with Gasteiger partial charge in [-0.25, -0.2) is 0 Å². The SMILES string of the molecule is CNCC(C#N)c1ccccc1Br. The van der Waals surface area contributed by atoms with Crippen molar-refractivity contribution >= 4 is 15.9 Å². The summed E-state index contributed by atoms with van der Waals surface area (Å²) in [6, 6.07) is 10.1. The summed E-state index contributed by atoms with van der Waals surface area (Å²) in [6.45, 7) is 0.680. The van der Waals surface area contributed by atoms with Crippen molar-refractivity contribution in [1.82, 2.24) is 5.32 Å². The van der Waals surface area contributed by atoms with E-state index in [-0.39, 0.29) is 5.92 Å². The second-order valence-corrected chi connectivity index (χ2v) is 3.62. The van der Waals surface area contributed by atoms with E-state index in [4.69, 9.17) is 5.26 Å². The van der Waals surface area contributed by atoms with Crippen molar-refractivity contribution in [3.8, 4) is 6.07 Å². The third-order valence-corrected chi connectivity index (χ3v) is 2.57. The highest BCUT2D eigenvalue weighted by molar-refractivity contribution is 9.10. The molecular formula is C10H11BrN2. The quantitative estimate of drug-likeness (QED) is 0.878. The second kappa shape index (κ2) is 5.00. The fourth-order valence-corrected chi connectivity index (χ4v) is 1.75. The van der Waals surface area contributed by atoms with Gasteiger partial charge >= 0.3 is 0 Å². The third kappa shape index (κ3) is 2.55. The van der Waals surface area contributed by atoms with Gasteiger partial charge in [-0.1, -0.05) is 34.1 Å². The lowest BCUT2D eigenvalue weighted by molar-refractivity contribution is 0.732. The molecule has 13 heavy (non-hydrogen) atoms. The molecule has 0 aliphatic carbocycles. The second-order valence-electron chi connectivity index (χ2n) is 2.76. The standard InChI is InChI=1S/C10H11BrN2/c1-13-7-8(6-12)9-4-2-3-5-10(9)11/h2-5,8,13H,7H2,1H3. The van der Waals surface area contributed by atoms with Gasteiger partial charge in [0.2, 0.25) is 0 Å². The van der Waals surface area contributed by atoms with Gasteiger partial charge in [0.1, 0.15) is 0 Å². The minimum Gasteiger partial charge on any atom is -0.318 e. The highest BCUT2D eigenvalue weighted by Crippen LogP contribution is 2.23. The van der Waals surface area contributed by atoms with Crippen molar-refractivity contribution < 1.29 is 0 Å². The Labute approximate surface area is 86.7 Å². The Bertz CT molecular complexity index is 317. The van der Waals surface area contributed by atoms with Gasteiger partial charge in [-0.15, -0.1) is 0 Å². The van der Waals surface area contributed by atoms with Gasteiger partial charge in [0.25, 0.3) is 0 Å². The van der Waals surface area contributed by atoms with Crippen molar-refractivity contribution in [2.24, 2.45) is 0 Å². The molecule has 1 atom stereocenters. The first-order valence-corrected chi connectivity index (χ1v) is 4.87. The summed E-state index contributed by atoms with van der Waals surface area (Å²) in [4.78, 5) is 0. The largest absolute Gasteiger partial charge is 0.318 e. The third-order valence-electron chi connectivity index (χ3n) is 1.84. The van der Waals surface area contributed by atoms with Crippen LogP contribution in [0.15, 0.2) is 28.7 Å². The molecule has 1 aromatic carbocycles. The number of nitriles is 1. The lowest BCUT2D eigenvalue weighted by Crippen LogP contribution is -2.16. The topological polar surface area (TPSA) is 35.8 Å². The van der Waals surface area contributed by atoms with Crippen molar-refractivity contribution in [2.75, 3.05) is 13.6 Å². The van der Waals surface area contributed by atoms with Crippen molar-refractivity contribution in [1.29, 1.82) is 5.26 Å². The van der Waals surface area contributed by atoms with Crippen LogP contribution in [0.1, 0.15) is 11.5 Å². The number of nitrogens with zero attached hydrogens (tertiary/aromatic N) is 1. The van der Waals surface area contributed by atoms with E-state index in [0.717, 1.165) is 10.0 Å². The Morgan fingerprint density at radius 1 is 1.54 bits per heavy atom. The van der Waals surface area contributed by atoms with E-state index in [1.165, 1.54) is 0 Å². The normalized spacial score (nSPS) is 12.1. The van der Waals surface area contributed by atoms with E-state index in [2.05, 4.69) is 27.3 Å². The van der Waals surface area contributed by atoms with E-state index in [1.807, 2.05) is 31.3 Å². The van der Waals surface area contributed by atoms with Crippen LogP contribution in [0, 0.1) is 11.3 Å². The summed E-state index contributed by atoms with van der Waals surface area (Å²) >= 11 is 3.43. The molecule has 0 aliphatic heterocycles. The average molecular weight is 239 g/mol. The molecular weight excluding hydrogens is 228 g/mol. The number of nitrogens with one attached hydrogen (secondary N) is 1. The van der Waals surface area contributed by atoms with Crippen LogP contribution in [-0.4, -0.2) is 13.6 Å². The predicted molar refractivity (Wildman–Crippen MR) is 56.4 cm³/mol. The Balaban J connectivity index is 2.92. The highest BCUT2D eigenvalue weighted by Gasteiger charge is 2.11. The van der Waals surface area contributed by atoms with Gasteiger partial charge in [0.15, 0.2) is 0 Å². The molecule has 0 fully saturated rings. The van der Waals surface area contributed by atoms with Crippen LogP contribution in [0.2, 0.25) is 0 Å². The Morgan fingerprint density at radius 2 is 2.23 bits per heavy atom. The van der Waals surface area contributed by atoms with Gasteiger partial charge in [0, 0.05) is 11.0 Å². The molecule has 0 spiro atoms. The van der Waals surface area contributed by atoms with Crippen LogP contribution in [0.25, 0.3) is 0 Å². The van der Waals surface area contributed by atoms with Gasteiger partial charge in [-0.3, -0.25) is 0 Å². The molecule has 0 aromatic heterocycles. The number of hydrogen-bond acceptors (Lipinski definition) is 2. The fraction of sp³-hybridized carbons (Fsp3) is 0.300. The minimum atomic E-state index is -0.0828. The van der Waals surface area contributed by atoms with Crippen molar-refractivity contribution in [2.45, 2.75) is 5.92 Å². The van der Waals surface area contributed by atoms with E-state index in [9.17, 15) is 0 Å². The molecule has 0 saturated heterocycles. The van der Waals surface area contributed by atoms with Crippen LogP contribution >= 0.6 is 15.9 Å². The summed E-state index contributed by atoms with van der Waals surface area (Å²) in [5.41, 5.74) is 1.04. The zero-order valence-corrected chi connectivity index (χ0v) is 9.01. The summed E-state index contributed by atoms with van der Waals surface area (Å²) < 4.78 is 0.997. The van der Waals surface area contributed by atoms with Crippen LogP contribution in [0.4, 0.5) is 0 Å². The molecule has 1 unspecified atom stereocenters. The summed E-state index contributed by atoms with van der Waals surface area (Å²) in [5, 5.41) is 11.9. The molecule has 1 rings (SSSR count). The van der Waals surface area contributed by atoms with Crippen LogP contribution in [0.3, 0.4) is 0 Å². The number of benzene rings is 1. The number of likely N-dealkylation sites (N-methyl/N-ethyl adjacent to an activating group) is 1. The van der Waals surface area contributed by atoms with E-state index in [1.54, 1.807) is 0 Å². The summed E-state index contributed by atoms with van der Waals surface area (Å²) in [7, 11) is 1.85. The van der Waals surface area contributed by atoms with Gasteiger partial charge < -0.3 is 5.32 Å². The molecule has 0 saturated carbocycles. The molecule has 0 amide bonds. The molecule has 0 bridgehead atoms. The highest BCUT2D eigenvalue weighted by atomic mass is 79.9. The zero-order valence-electron chi connectivity index (χ0n) is 7.42. The smallest absolute Gasteiger partial charge is 0.0847 e. The Hall–Kier alpha value is -0.850. The maximum Gasteiger partial charge on any atom is 0.0847 e. The van der Waals surface area contributed by atoms with E-state index >= 15 is 0 Å². The average Bonchev–Trinajstić information content (AvgIpc) is 2.16. The summed E-state index contributed by atoms with van der Waals surface area (Å²) in [6.07, 6.45) is 0. The molecule has 2 nitrogen and oxygen atoms in total.